The van der Waals surface area contributed by atoms with E-state index in [1.54, 1.807) is 11.3 Å². The van der Waals surface area contributed by atoms with Gasteiger partial charge in [-0.3, -0.25) is 11.3 Å². The Morgan fingerprint density at radius 1 is 1.56 bits per heavy atom. The van der Waals surface area contributed by atoms with Crippen molar-refractivity contribution in [3.05, 3.63) is 49.3 Å². The van der Waals surface area contributed by atoms with E-state index in [0.29, 0.717) is 5.02 Å². The van der Waals surface area contributed by atoms with E-state index < -0.39 is 0 Å². The molecule has 96 valence electrons. The Hall–Kier alpha value is -0.460. The molecule has 1 atom stereocenters. The Morgan fingerprint density at radius 3 is 2.89 bits per heavy atom. The molecule has 1 unspecified atom stereocenters. The highest BCUT2D eigenvalue weighted by Gasteiger charge is 2.13. The van der Waals surface area contributed by atoms with Crippen LogP contribution in [0.15, 0.2) is 28.1 Å². The number of halogens is 2. The standard InChI is InChI=1S/C12H13BrClN3S/c1-7-6-18-12(16-7)5-11(17-15)8-2-3-10(14)9(13)4-8/h2-4,6,11,17H,5,15H2,1H3. The molecular weight excluding hydrogens is 334 g/mol. The fourth-order valence-corrected chi connectivity index (χ4v) is 3.01. The summed E-state index contributed by atoms with van der Waals surface area (Å²) in [6.07, 6.45) is 0.767. The molecule has 0 amide bonds. The van der Waals surface area contributed by atoms with Crippen LogP contribution in [0.3, 0.4) is 0 Å². The molecule has 18 heavy (non-hydrogen) atoms. The van der Waals surface area contributed by atoms with Crippen LogP contribution in [0.1, 0.15) is 22.3 Å². The maximum atomic E-state index is 5.98. The van der Waals surface area contributed by atoms with Gasteiger partial charge in [0.1, 0.15) is 0 Å². The van der Waals surface area contributed by atoms with E-state index >= 15 is 0 Å². The molecule has 3 nitrogen and oxygen atoms in total. The second-order valence-corrected chi connectivity index (χ2v) is 6.18. The summed E-state index contributed by atoms with van der Waals surface area (Å²) >= 11 is 11.1. The first-order valence-corrected chi connectivity index (χ1v) is 7.47. The summed E-state index contributed by atoms with van der Waals surface area (Å²) in [4.78, 5) is 4.45. The number of aromatic nitrogens is 1. The minimum absolute atomic E-state index is 0.0316. The Morgan fingerprint density at radius 2 is 2.33 bits per heavy atom. The van der Waals surface area contributed by atoms with Crippen LogP contribution in [0.25, 0.3) is 0 Å². The molecule has 0 aliphatic rings. The van der Waals surface area contributed by atoms with Crippen molar-refractivity contribution in [2.24, 2.45) is 5.84 Å². The summed E-state index contributed by atoms with van der Waals surface area (Å²) in [5.74, 6) is 5.63. The number of hydrogen-bond donors (Lipinski definition) is 2. The third kappa shape index (κ3) is 3.30. The molecule has 0 saturated carbocycles. The number of nitrogens with one attached hydrogen (secondary N) is 1. The van der Waals surface area contributed by atoms with Gasteiger partial charge in [-0.2, -0.15) is 0 Å². The molecule has 1 aromatic heterocycles. The molecule has 0 radical (unpaired) electrons. The molecule has 0 fully saturated rings. The first-order chi connectivity index (χ1) is 8.60. The van der Waals surface area contributed by atoms with Crippen molar-refractivity contribution in [2.45, 2.75) is 19.4 Å². The lowest BCUT2D eigenvalue weighted by atomic mass is 10.1. The van der Waals surface area contributed by atoms with Gasteiger partial charge in [0.2, 0.25) is 0 Å². The fourth-order valence-electron chi connectivity index (χ4n) is 1.67. The zero-order chi connectivity index (χ0) is 13.1. The van der Waals surface area contributed by atoms with Gasteiger partial charge in [-0.1, -0.05) is 17.7 Å². The van der Waals surface area contributed by atoms with Gasteiger partial charge in [-0.25, -0.2) is 4.98 Å². The van der Waals surface area contributed by atoms with E-state index in [1.807, 2.05) is 30.5 Å². The van der Waals surface area contributed by atoms with Crippen LogP contribution in [-0.2, 0) is 6.42 Å². The van der Waals surface area contributed by atoms with Crippen LogP contribution in [0.4, 0.5) is 0 Å². The highest BCUT2D eigenvalue weighted by atomic mass is 79.9. The predicted octanol–water partition coefficient (Wildman–Crippen LogP) is 3.61. The number of benzene rings is 1. The Labute approximate surface area is 123 Å². The van der Waals surface area contributed by atoms with Gasteiger partial charge in [-0.05, 0) is 40.5 Å². The molecule has 1 heterocycles. The van der Waals surface area contributed by atoms with Crippen molar-refractivity contribution >= 4 is 38.9 Å². The van der Waals surface area contributed by atoms with E-state index in [4.69, 9.17) is 17.4 Å². The van der Waals surface area contributed by atoms with Gasteiger partial charge >= 0.3 is 0 Å². The van der Waals surface area contributed by atoms with Gasteiger partial charge in [0.15, 0.2) is 0 Å². The molecule has 0 spiro atoms. The van der Waals surface area contributed by atoms with E-state index in [2.05, 4.69) is 26.3 Å². The summed E-state index contributed by atoms with van der Waals surface area (Å²) in [6, 6.07) is 5.84. The van der Waals surface area contributed by atoms with Crippen LogP contribution in [0.2, 0.25) is 5.02 Å². The SMILES string of the molecule is Cc1csc(CC(NN)c2ccc(Cl)c(Br)c2)n1. The van der Waals surface area contributed by atoms with E-state index in [0.717, 1.165) is 27.2 Å². The smallest absolute Gasteiger partial charge is 0.0947 e. The topological polar surface area (TPSA) is 50.9 Å². The fraction of sp³-hybridized carbons (Fsp3) is 0.250. The van der Waals surface area contributed by atoms with Crippen molar-refractivity contribution in [1.29, 1.82) is 0 Å². The monoisotopic (exact) mass is 345 g/mol. The van der Waals surface area contributed by atoms with Crippen LogP contribution in [-0.4, -0.2) is 4.98 Å². The first-order valence-electron chi connectivity index (χ1n) is 5.42. The number of thiazole rings is 1. The largest absolute Gasteiger partial charge is 0.271 e. The molecule has 3 N–H and O–H groups in total. The van der Waals surface area contributed by atoms with Crippen molar-refractivity contribution in [3.63, 3.8) is 0 Å². The lowest BCUT2D eigenvalue weighted by molar-refractivity contribution is 0.550. The molecule has 2 aromatic rings. The number of nitrogens with zero attached hydrogens (tertiary/aromatic N) is 1. The summed E-state index contributed by atoms with van der Waals surface area (Å²) in [7, 11) is 0. The van der Waals surface area contributed by atoms with Crippen LogP contribution < -0.4 is 11.3 Å². The highest BCUT2D eigenvalue weighted by Crippen LogP contribution is 2.27. The normalized spacial score (nSPS) is 12.7. The molecule has 6 heteroatoms. The lowest BCUT2D eigenvalue weighted by Gasteiger charge is -2.15. The van der Waals surface area contributed by atoms with Crippen molar-refractivity contribution in [1.82, 2.24) is 10.4 Å². The zero-order valence-electron chi connectivity index (χ0n) is 9.78. The second-order valence-electron chi connectivity index (χ2n) is 3.98. The first kappa shape index (κ1) is 14.0. The van der Waals surface area contributed by atoms with Crippen molar-refractivity contribution in [3.8, 4) is 0 Å². The molecule has 0 aliphatic carbocycles. The Balaban J connectivity index is 2.19. The maximum absolute atomic E-state index is 5.98. The number of hydrogen-bond acceptors (Lipinski definition) is 4. The van der Waals surface area contributed by atoms with Crippen molar-refractivity contribution < 1.29 is 0 Å². The van der Waals surface area contributed by atoms with Crippen LogP contribution >= 0.6 is 38.9 Å². The second kappa shape index (κ2) is 6.12. The van der Waals surface area contributed by atoms with Crippen LogP contribution in [0.5, 0.6) is 0 Å². The molecule has 0 bridgehead atoms. The van der Waals surface area contributed by atoms with Gasteiger partial charge in [0.05, 0.1) is 16.1 Å². The third-order valence-electron chi connectivity index (χ3n) is 2.59. The number of rotatable bonds is 4. The van der Waals surface area contributed by atoms with Gasteiger partial charge in [0.25, 0.3) is 0 Å². The minimum atomic E-state index is 0.0316. The summed E-state index contributed by atoms with van der Waals surface area (Å²) in [5.41, 5.74) is 4.95. The molecule has 1 aromatic carbocycles. The maximum Gasteiger partial charge on any atom is 0.0947 e. The zero-order valence-corrected chi connectivity index (χ0v) is 12.9. The summed E-state index contributed by atoms with van der Waals surface area (Å²) < 4.78 is 0.872. The number of aryl methyl sites for hydroxylation is 1. The van der Waals surface area contributed by atoms with Gasteiger partial charge < -0.3 is 0 Å². The highest BCUT2D eigenvalue weighted by molar-refractivity contribution is 9.10. The van der Waals surface area contributed by atoms with Gasteiger partial charge in [0, 0.05) is 22.0 Å². The summed E-state index contributed by atoms with van der Waals surface area (Å²) in [6.45, 7) is 1.99. The van der Waals surface area contributed by atoms with Gasteiger partial charge in [-0.15, -0.1) is 11.3 Å². The summed E-state index contributed by atoms with van der Waals surface area (Å²) in [5, 5.41) is 3.81. The Bertz CT molecular complexity index is 544. The predicted molar refractivity (Wildman–Crippen MR) is 79.8 cm³/mol. The lowest BCUT2D eigenvalue weighted by Crippen LogP contribution is -2.29. The van der Waals surface area contributed by atoms with E-state index in [1.165, 1.54) is 0 Å². The van der Waals surface area contributed by atoms with E-state index in [9.17, 15) is 0 Å². The quantitative estimate of drug-likeness (QED) is 0.657. The van der Waals surface area contributed by atoms with E-state index in [-0.39, 0.29) is 6.04 Å². The molecular formula is C12H13BrClN3S. The number of nitrogens with two attached hydrogens (primary N) is 1. The average molecular weight is 347 g/mol. The van der Waals surface area contributed by atoms with Crippen LogP contribution in [0, 0.1) is 6.92 Å². The Kier molecular flexibility index (Phi) is 4.75. The minimum Gasteiger partial charge on any atom is -0.271 e. The molecule has 0 saturated heterocycles. The molecule has 2 rings (SSSR count). The average Bonchev–Trinajstić information content (AvgIpc) is 2.75. The molecule has 0 aliphatic heterocycles. The van der Waals surface area contributed by atoms with Crippen molar-refractivity contribution in [2.75, 3.05) is 0 Å². The number of hydrazine groups is 1. The third-order valence-corrected chi connectivity index (χ3v) is 4.80.